The van der Waals surface area contributed by atoms with E-state index in [-0.39, 0.29) is 29.8 Å². The van der Waals surface area contributed by atoms with Crippen LogP contribution in [-0.4, -0.2) is 95.8 Å². The lowest BCUT2D eigenvalue weighted by Crippen LogP contribution is -2.55. The molecule has 9 nitrogen and oxygen atoms in total. The van der Waals surface area contributed by atoms with Crippen LogP contribution in [0.3, 0.4) is 0 Å². The summed E-state index contributed by atoms with van der Waals surface area (Å²) in [6.07, 6.45) is 1.44. The normalized spacial score (nSPS) is 17.5. The molecular weight excluding hydrogens is 497 g/mol. The Morgan fingerprint density at radius 1 is 1.03 bits per heavy atom. The maximum Gasteiger partial charge on any atom is 0.254 e. The summed E-state index contributed by atoms with van der Waals surface area (Å²) >= 11 is 0. The lowest BCUT2D eigenvalue weighted by molar-refractivity contribution is 0.0464. The summed E-state index contributed by atoms with van der Waals surface area (Å²) in [5.74, 6) is 1.51. The molecule has 3 rings (SSSR count). The average molecular weight is 537 g/mol. The van der Waals surface area contributed by atoms with Gasteiger partial charge in [0.2, 0.25) is 0 Å². The largest absolute Gasteiger partial charge is 0.497 e. The number of ether oxygens (including phenoxy) is 4. The molecule has 2 unspecified atom stereocenters. The van der Waals surface area contributed by atoms with Gasteiger partial charge in [-0.1, -0.05) is 6.07 Å². The third kappa shape index (κ3) is 8.37. The first kappa shape index (κ1) is 30.3. The van der Waals surface area contributed by atoms with E-state index in [0.717, 1.165) is 6.42 Å². The zero-order valence-corrected chi connectivity index (χ0v) is 23.6. The van der Waals surface area contributed by atoms with Gasteiger partial charge in [-0.3, -0.25) is 9.59 Å². The maximum atomic E-state index is 13.8. The van der Waals surface area contributed by atoms with E-state index in [0.29, 0.717) is 67.6 Å². The topological polar surface area (TPSA) is 89.6 Å². The molecule has 210 valence electrons. The van der Waals surface area contributed by atoms with Crippen molar-refractivity contribution in [1.29, 1.82) is 0 Å². The minimum atomic E-state index is -0.173. The number of nitrogens with one attached hydrogen (secondary N) is 1. The van der Waals surface area contributed by atoms with Gasteiger partial charge in [-0.25, -0.2) is 0 Å². The molecule has 1 heterocycles. The molecule has 0 aromatic heterocycles. The van der Waals surface area contributed by atoms with Gasteiger partial charge in [-0.15, -0.1) is 0 Å². The van der Waals surface area contributed by atoms with Gasteiger partial charge >= 0.3 is 0 Å². The van der Waals surface area contributed by atoms with Crippen LogP contribution in [0, 0.1) is 5.92 Å². The number of carbonyl (C=O) groups excluding carboxylic acids is 2. The molecule has 1 fully saturated rings. The van der Waals surface area contributed by atoms with Crippen molar-refractivity contribution in [1.82, 2.24) is 15.0 Å². The summed E-state index contributed by atoms with van der Waals surface area (Å²) in [4.78, 5) is 30.2. The average Bonchev–Trinajstić information content (AvgIpc) is 2.93. The van der Waals surface area contributed by atoms with E-state index in [1.54, 1.807) is 68.6 Å². The summed E-state index contributed by atoms with van der Waals surface area (Å²) in [7, 11) is 11.1. The molecule has 0 spiro atoms. The summed E-state index contributed by atoms with van der Waals surface area (Å²) in [5, 5.41) is 3.02. The quantitative estimate of drug-likeness (QED) is 0.310. The Hall–Kier alpha value is -3.24. The molecule has 0 aliphatic carbocycles. The minimum Gasteiger partial charge on any atom is -0.497 e. The van der Waals surface area contributed by atoms with Crippen LogP contribution in [0.2, 0.25) is 0 Å². The Balaban J connectivity index is 1.71. The maximum absolute atomic E-state index is 13.8. The van der Waals surface area contributed by atoms with Crippen LogP contribution in [0.1, 0.15) is 47.4 Å². The third-order valence-corrected chi connectivity index (χ3v) is 6.77. The predicted octanol–water partition coefficient (Wildman–Crippen LogP) is 3.17. The third-order valence-electron chi connectivity index (χ3n) is 6.77. The van der Waals surface area contributed by atoms with E-state index in [1.807, 2.05) is 18.7 Å². The number of benzene rings is 2. The highest BCUT2D eigenvalue weighted by Gasteiger charge is 2.34. The molecule has 1 aliphatic heterocycles. The SMILES string of the molecule is [B]N1CC(CNC(=O)c2cccc(OC)c2)CC(N(C(=O)c2ccc(OC)c(OCCCOC)c2)C(C)C)C1. The second-order valence-electron chi connectivity index (χ2n) is 10.0. The zero-order chi connectivity index (χ0) is 28.4. The smallest absolute Gasteiger partial charge is 0.254 e. The fourth-order valence-corrected chi connectivity index (χ4v) is 4.94. The summed E-state index contributed by atoms with van der Waals surface area (Å²) in [6.45, 7) is 6.64. The van der Waals surface area contributed by atoms with Crippen LogP contribution < -0.4 is 19.5 Å². The van der Waals surface area contributed by atoms with Crippen LogP contribution >= 0.6 is 0 Å². The van der Waals surface area contributed by atoms with E-state index in [4.69, 9.17) is 26.9 Å². The van der Waals surface area contributed by atoms with Gasteiger partial charge in [0.05, 0.1) is 20.8 Å². The van der Waals surface area contributed by atoms with Crippen LogP contribution in [-0.2, 0) is 4.74 Å². The van der Waals surface area contributed by atoms with E-state index in [2.05, 4.69) is 5.32 Å². The van der Waals surface area contributed by atoms with Gasteiger partial charge in [0.15, 0.2) is 19.5 Å². The highest BCUT2D eigenvalue weighted by molar-refractivity contribution is 6.04. The van der Waals surface area contributed by atoms with Crippen molar-refractivity contribution >= 4 is 19.8 Å². The Kier molecular flexibility index (Phi) is 11.5. The molecule has 1 aliphatic rings. The van der Waals surface area contributed by atoms with Crippen LogP contribution in [0.4, 0.5) is 0 Å². The first-order valence-electron chi connectivity index (χ1n) is 13.3. The van der Waals surface area contributed by atoms with Gasteiger partial charge in [-0.2, -0.15) is 0 Å². The van der Waals surface area contributed by atoms with E-state index in [9.17, 15) is 9.59 Å². The highest BCUT2D eigenvalue weighted by Crippen LogP contribution is 2.30. The zero-order valence-electron chi connectivity index (χ0n) is 23.6. The lowest BCUT2D eigenvalue weighted by Gasteiger charge is -2.43. The Morgan fingerprint density at radius 3 is 2.51 bits per heavy atom. The van der Waals surface area contributed by atoms with Gasteiger partial charge in [0.25, 0.3) is 11.8 Å². The van der Waals surface area contributed by atoms with Crippen molar-refractivity contribution in [2.75, 3.05) is 54.2 Å². The molecular formula is C29H40BN3O6. The Labute approximate surface area is 233 Å². The summed E-state index contributed by atoms with van der Waals surface area (Å²) < 4.78 is 21.6. The fraction of sp³-hybridized carbons (Fsp3) is 0.517. The number of carbonyl (C=O) groups is 2. The highest BCUT2D eigenvalue weighted by atomic mass is 16.5. The van der Waals surface area contributed by atoms with Crippen molar-refractivity contribution < 1.29 is 28.5 Å². The van der Waals surface area contributed by atoms with Crippen molar-refractivity contribution in [3.63, 3.8) is 0 Å². The fourth-order valence-electron chi connectivity index (χ4n) is 4.94. The van der Waals surface area contributed by atoms with Crippen LogP contribution in [0.5, 0.6) is 17.2 Å². The number of hydrogen-bond donors (Lipinski definition) is 1. The number of hydrogen-bond acceptors (Lipinski definition) is 7. The molecule has 2 amide bonds. The molecule has 1 N–H and O–H groups in total. The summed E-state index contributed by atoms with van der Waals surface area (Å²) in [5.41, 5.74) is 1.05. The Morgan fingerprint density at radius 2 is 1.82 bits per heavy atom. The molecule has 0 bridgehead atoms. The lowest BCUT2D eigenvalue weighted by atomic mass is 9.90. The van der Waals surface area contributed by atoms with Crippen molar-refractivity contribution in [3.8, 4) is 17.2 Å². The van der Waals surface area contributed by atoms with E-state index < -0.39 is 0 Å². The number of piperidine rings is 1. The van der Waals surface area contributed by atoms with Crippen molar-refractivity contribution in [3.05, 3.63) is 53.6 Å². The Bertz CT molecular complexity index is 1100. The van der Waals surface area contributed by atoms with Crippen molar-refractivity contribution in [2.45, 2.75) is 38.8 Å². The van der Waals surface area contributed by atoms with Crippen molar-refractivity contribution in [2.24, 2.45) is 5.92 Å². The molecule has 0 saturated carbocycles. The molecule has 10 heteroatoms. The first-order chi connectivity index (χ1) is 18.8. The minimum absolute atomic E-state index is 0.0609. The molecule has 39 heavy (non-hydrogen) atoms. The molecule has 2 atom stereocenters. The molecule has 2 radical (unpaired) electrons. The number of rotatable bonds is 13. The van der Waals surface area contributed by atoms with Crippen LogP contribution in [0.15, 0.2) is 42.5 Å². The number of amides is 2. The molecule has 2 aromatic carbocycles. The van der Waals surface area contributed by atoms with Gasteiger partial charge in [-0.05, 0) is 69.1 Å². The van der Waals surface area contributed by atoms with E-state index in [1.165, 1.54) is 0 Å². The van der Waals surface area contributed by atoms with E-state index >= 15 is 0 Å². The second kappa shape index (κ2) is 14.8. The van der Waals surface area contributed by atoms with Crippen LogP contribution in [0.25, 0.3) is 0 Å². The summed E-state index contributed by atoms with van der Waals surface area (Å²) in [6, 6.07) is 12.1. The standard InChI is InChI=1S/C29H40BN3O6/c1-20(2)33(29(35)23-10-11-26(38-5)27(16-23)39-13-7-12-36-3)24-14-21(18-32(30)19-24)17-31-28(34)22-8-6-9-25(15-22)37-4/h6,8-11,15-16,20-21,24H,7,12-14,17-19H2,1-5H3,(H,31,34). The van der Waals surface area contributed by atoms with Gasteiger partial charge < -0.3 is 34.0 Å². The number of nitrogens with zero attached hydrogens (tertiary/aromatic N) is 2. The predicted molar refractivity (Wildman–Crippen MR) is 151 cm³/mol. The number of methoxy groups -OCH3 is 3. The first-order valence-corrected chi connectivity index (χ1v) is 13.3. The van der Waals surface area contributed by atoms with Gasteiger partial charge in [0.1, 0.15) is 5.75 Å². The molecule has 1 saturated heterocycles. The second-order valence-corrected chi connectivity index (χ2v) is 10.0. The molecule has 2 aromatic rings. The van der Waals surface area contributed by atoms with Gasteiger partial charge in [0, 0.05) is 56.4 Å². The monoisotopic (exact) mass is 537 g/mol.